The van der Waals surface area contributed by atoms with Crippen LogP contribution in [0.3, 0.4) is 0 Å². The van der Waals surface area contributed by atoms with Crippen LogP contribution in [0.15, 0.2) is 30.3 Å². The molecule has 0 unspecified atom stereocenters. The van der Waals surface area contributed by atoms with Crippen molar-refractivity contribution in [2.24, 2.45) is 0 Å². The van der Waals surface area contributed by atoms with Crippen LogP contribution in [0.1, 0.15) is 58.1 Å². The lowest BCUT2D eigenvalue weighted by Gasteiger charge is -2.36. The van der Waals surface area contributed by atoms with Gasteiger partial charge >= 0.3 is 6.09 Å². The second-order valence-electron chi connectivity index (χ2n) is 8.58. The Labute approximate surface area is 165 Å². The van der Waals surface area contributed by atoms with Crippen LogP contribution in [0.25, 0.3) is 0 Å². The Balaban J connectivity index is 1.71. The van der Waals surface area contributed by atoms with E-state index >= 15 is 0 Å². The minimum absolute atomic E-state index is 0.107. The molecule has 0 spiro atoms. The molecule has 1 aromatic rings. The molecule has 1 aliphatic heterocycles. The summed E-state index contributed by atoms with van der Waals surface area (Å²) in [7, 11) is -1.63. The van der Waals surface area contributed by atoms with Crippen molar-refractivity contribution in [3.8, 4) is 12.0 Å². The Kier molecular flexibility index (Phi) is 7.52. The van der Waals surface area contributed by atoms with Crippen LogP contribution in [0.2, 0.25) is 18.1 Å². The first-order valence-corrected chi connectivity index (χ1v) is 12.8. The highest BCUT2D eigenvalue weighted by Crippen LogP contribution is 2.36. The zero-order valence-corrected chi connectivity index (χ0v) is 18.4. The average molecular weight is 388 g/mol. The van der Waals surface area contributed by atoms with Crippen molar-refractivity contribution in [3.05, 3.63) is 35.9 Å². The predicted octanol–water partition coefficient (Wildman–Crippen LogP) is 5.72. The van der Waals surface area contributed by atoms with E-state index in [1.165, 1.54) is 4.90 Å². The van der Waals surface area contributed by atoms with Crippen LogP contribution < -0.4 is 0 Å². The molecule has 1 amide bonds. The van der Waals surface area contributed by atoms with Crippen LogP contribution in [-0.2, 0) is 9.16 Å². The quantitative estimate of drug-likeness (QED) is 0.341. The molecular formula is C22H33NO3Si. The Morgan fingerprint density at radius 1 is 1.19 bits per heavy atom. The predicted molar refractivity (Wildman–Crippen MR) is 112 cm³/mol. The molecule has 1 atom stereocenters. The molecule has 148 valence electrons. The van der Waals surface area contributed by atoms with Gasteiger partial charge in [-0.2, -0.15) is 0 Å². The van der Waals surface area contributed by atoms with Gasteiger partial charge in [-0.25, -0.2) is 9.69 Å². The van der Waals surface area contributed by atoms with E-state index in [-0.39, 0.29) is 17.2 Å². The van der Waals surface area contributed by atoms with Crippen molar-refractivity contribution in [3.63, 3.8) is 0 Å². The molecular weight excluding hydrogens is 354 g/mol. The summed E-state index contributed by atoms with van der Waals surface area (Å²) in [5, 5.41) is 0.262. The average Bonchev–Trinajstić information content (AvgIpc) is 2.98. The second-order valence-corrected chi connectivity index (χ2v) is 13.4. The van der Waals surface area contributed by atoms with Crippen molar-refractivity contribution in [2.45, 2.75) is 70.6 Å². The Hall–Kier alpha value is -1.77. The number of carbonyl (C=O) groups excluding carboxylic acids is 1. The maximum absolute atomic E-state index is 11.9. The summed E-state index contributed by atoms with van der Waals surface area (Å²) in [4.78, 5) is 13.5. The lowest BCUT2D eigenvalue weighted by Crippen LogP contribution is -2.40. The molecule has 1 aliphatic rings. The highest BCUT2D eigenvalue weighted by Gasteiger charge is 2.36. The van der Waals surface area contributed by atoms with Crippen LogP contribution in [-0.4, -0.2) is 32.5 Å². The van der Waals surface area contributed by atoms with Crippen LogP contribution in [0.4, 0.5) is 4.79 Å². The molecule has 1 heterocycles. The molecule has 0 aromatic heterocycles. The number of nitrogens with zero attached hydrogens (tertiary/aromatic N) is 1. The Morgan fingerprint density at radius 2 is 1.89 bits per heavy atom. The van der Waals surface area contributed by atoms with Gasteiger partial charge in [0.1, 0.15) is 12.6 Å². The molecule has 0 aliphatic carbocycles. The van der Waals surface area contributed by atoms with Gasteiger partial charge in [0.15, 0.2) is 8.32 Å². The SMILES string of the molecule is CC(C)(C)[Si](C)(C)OCCCCCC#CN1C(=O)OC[C@H]1c1ccccc1. The number of carbonyl (C=O) groups is 1. The number of unbranched alkanes of at least 4 members (excludes halogenated alkanes) is 3. The van der Waals surface area contributed by atoms with Crippen LogP contribution in [0.5, 0.6) is 0 Å². The molecule has 2 rings (SSSR count). The van der Waals surface area contributed by atoms with E-state index in [2.05, 4.69) is 45.8 Å². The standard InChI is InChI=1S/C22H33NO3Si/c1-22(2,3)27(4,5)26-17-13-8-6-7-12-16-23-20(18-25-21(23)24)19-14-10-9-11-15-19/h9-11,14-15,20H,6-8,13,17-18H2,1-5H3/t20-/m0/s1. The van der Waals surface area contributed by atoms with Crippen molar-refractivity contribution in [1.82, 2.24) is 4.90 Å². The first kappa shape index (κ1) is 21.5. The number of rotatable bonds is 7. The van der Waals surface area contributed by atoms with Gasteiger partial charge in [0.2, 0.25) is 0 Å². The van der Waals surface area contributed by atoms with Gasteiger partial charge < -0.3 is 9.16 Å². The van der Waals surface area contributed by atoms with E-state index in [1.807, 2.05) is 30.3 Å². The normalized spacial score (nSPS) is 17.4. The largest absolute Gasteiger partial charge is 0.446 e. The van der Waals surface area contributed by atoms with Gasteiger partial charge in [-0.05, 0) is 36.5 Å². The number of benzene rings is 1. The molecule has 4 nitrogen and oxygen atoms in total. The lowest BCUT2D eigenvalue weighted by molar-refractivity contribution is 0.167. The summed E-state index contributed by atoms with van der Waals surface area (Å²) in [6, 6.07) is 12.8. The molecule has 0 N–H and O–H groups in total. The molecule has 0 bridgehead atoms. The molecule has 27 heavy (non-hydrogen) atoms. The molecule has 1 saturated heterocycles. The maximum Gasteiger partial charge on any atom is 0.422 e. The second kappa shape index (κ2) is 9.43. The van der Waals surface area contributed by atoms with Crippen LogP contribution in [0, 0.1) is 12.0 Å². The molecule has 1 aromatic carbocycles. The minimum Gasteiger partial charge on any atom is -0.446 e. The fourth-order valence-corrected chi connectivity index (χ4v) is 3.73. The van der Waals surface area contributed by atoms with E-state index in [1.54, 1.807) is 0 Å². The highest BCUT2D eigenvalue weighted by atomic mass is 28.4. The zero-order valence-electron chi connectivity index (χ0n) is 17.4. The Bertz CT molecular complexity index is 670. The summed E-state index contributed by atoms with van der Waals surface area (Å²) in [5.41, 5.74) is 1.06. The van der Waals surface area contributed by atoms with Crippen molar-refractivity contribution >= 4 is 14.4 Å². The van der Waals surface area contributed by atoms with E-state index in [0.29, 0.717) is 6.61 Å². The zero-order chi connectivity index (χ0) is 19.9. The number of ether oxygens (including phenoxy) is 1. The third kappa shape index (κ3) is 6.12. The minimum atomic E-state index is -1.63. The first-order valence-electron chi connectivity index (χ1n) is 9.86. The summed E-state index contributed by atoms with van der Waals surface area (Å²) >= 11 is 0. The number of hydrogen-bond donors (Lipinski definition) is 0. The third-order valence-electron chi connectivity index (χ3n) is 5.47. The molecule has 0 radical (unpaired) electrons. The van der Waals surface area contributed by atoms with Gasteiger partial charge in [-0.1, -0.05) is 63.4 Å². The highest BCUT2D eigenvalue weighted by molar-refractivity contribution is 6.74. The fourth-order valence-electron chi connectivity index (χ4n) is 2.64. The van der Waals surface area contributed by atoms with Gasteiger partial charge in [0.25, 0.3) is 0 Å². The molecule has 5 heteroatoms. The monoisotopic (exact) mass is 387 g/mol. The number of hydrogen-bond acceptors (Lipinski definition) is 3. The lowest BCUT2D eigenvalue weighted by atomic mass is 10.1. The summed E-state index contributed by atoms with van der Waals surface area (Å²) < 4.78 is 11.4. The maximum atomic E-state index is 11.9. The van der Waals surface area contributed by atoms with Gasteiger partial charge in [0.05, 0.1) is 0 Å². The van der Waals surface area contributed by atoms with Crippen molar-refractivity contribution < 1.29 is 14.0 Å². The number of amides is 1. The third-order valence-corrected chi connectivity index (χ3v) is 10.0. The first-order chi connectivity index (χ1) is 12.7. The van der Waals surface area contributed by atoms with Gasteiger partial charge in [-0.15, -0.1) is 0 Å². The van der Waals surface area contributed by atoms with E-state index in [4.69, 9.17) is 9.16 Å². The van der Waals surface area contributed by atoms with Crippen LogP contribution >= 0.6 is 0 Å². The summed E-state index contributed by atoms with van der Waals surface area (Å²) in [6.45, 7) is 12.6. The fraction of sp³-hybridized carbons (Fsp3) is 0.591. The van der Waals surface area contributed by atoms with Gasteiger partial charge in [-0.3, -0.25) is 0 Å². The Morgan fingerprint density at radius 3 is 2.56 bits per heavy atom. The summed E-state index contributed by atoms with van der Waals surface area (Å²) in [5.74, 6) is 3.13. The topological polar surface area (TPSA) is 38.8 Å². The molecule has 0 saturated carbocycles. The van der Waals surface area contributed by atoms with Crippen molar-refractivity contribution in [1.29, 1.82) is 0 Å². The molecule has 1 fully saturated rings. The van der Waals surface area contributed by atoms with Gasteiger partial charge in [0, 0.05) is 19.1 Å². The van der Waals surface area contributed by atoms with Crippen molar-refractivity contribution in [2.75, 3.05) is 13.2 Å². The van der Waals surface area contributed by atoms with E-state index in [0.717, 1.165) is 37.9 Å². The smallest absolute Gasteiger partial charge is 0.422 e. The number of cyclic esters (lactones) is 1. The van der Waals surface area contributed by atoms with E-state index < -0.39 is 8.32 Å². The summed E-state index contributed by atoms with van der Waals surface area (Å²) in [6.07, 6.45) is 3.61. The van der Waals surface area contributed by atoms with E-state index in [9.17, 15) is 4.79 Å².